The Hall–Kier alpha value is -4.47. The molecule has 0 unspecified atom stereocenters. The number of nitrogens with zero attached hydrogens (tertiary/aromatic N) is 1. The van der Waals surface area contributed by atoms with Gasteiger partial charge in [0.25, 0.3) is 11.1 Å². The number of fused-ring (bicyclic) bond motifs is 1. The molecule has 0 spiro atoms. The van der Waals surface area contributed by atoms with Crippen LogP contribution in [0.1, 0.15) is 18.1 Å². The summed E-state index contributed by atoms with van der Waals surface area (Å²) in [6.45, 7) is 2.21. The first-order valence-electron chi connectivity index (χ1n) is 13.1. The molecule has 0 atom stereocenters. The Morgan fingerprint density at radius 1 is 0.952 bits per heavy atom. The van der Waals surface area contributed by atoms with E-state index in [2.05, 4.69) is 23.5 Å². The van der Waals surface area contributed by atoms with Crippen LogP contribution < -0.4 is 19.5 Å². The van der Waals surface area contributed by atoms with Crippen LogP contribution in [0.25, 0.3) is 16.8 Å². The van der Waals surface area contributed by atoms with Gasteiger partial charge in [0.1, 0.15) is 18.9 Å². The highest BCUT2D eigenvalue weighted by Gasteiger charge is 2.36. The normalized spacial score (nSPS) is 14.0. The number of imide groups is 1. The van der Waals surface area contributed by atoms with E-state index in [4.69, 9.17) is 25.8 Å². The van der Waals surface area contributed by atoms with Crippen molar-refractivity contribution >= 4 is 63.0 Å². The van der Waals surface area contributed by atoms with E-state index in [1.807, 2.05) is 31.2 Å². The van der Waals surface area contributed by atoms with Crippen molar-refractivity contribution in [3.05, 3.63) is 99.9 Å². The van der Waals surface area contributed by atoms with Crippen LogP contribution in [0.4, 0.5) is 10.5 Å². The summed E-state index contributed by atoms with van der Waals surface area (Å²) in [5, 5.41) is 4.68. The van der Waals surface area contributed by atoms with Crippen LogP contribution in [0, 0.1) is 0 Å². The van der Waals surface area contributed by atoms with Gasteiger partial charge in [-0.2, -0.15) is 0 Å². The third kappa shape index (κ3) is 6.53. The average molecular weight is 603 g/mol. The fourth-order valence-electron chi connectivity index (χ4n) is 4.45. The van der Waals surface area contributed by atoms with E-state index < -0.39 is 23.6 Å². The van der Waals surface area contributed by atoms with Gasteiger partial charge in [-0.1, -0.05) is 60.1 Å². The number of halogens is 1. The predicted octanol–water partition coefficient (Wildman–Crippen LogP) is 7.15. The molecule has 4 aromatic carbocycles. The van der Waals surface area contributed by atoms with Crippen LogP contribution in [0.5, 0.6) is 17.2 Å². The summed E-state index contributed by atoms with van der Waals surface area (Å²) in [6.07, 6.45) is 1.60. The fraction of sp³-hybridized carbons (Fsp3) is 0.156. The smallest absolute Gasteiger partial charge is 0.294 e. The van der Waals surface area contributed by atoms with Gasteiger partial charge in [-0.15, -0.1) is 0 Å². The minimum Gasteiger partial charge on any atom is -0.495 e. The topological polar surface area (TPSA) is 94.2 Å². The van der Waals surface area contributed by atoms with E-state index in [1.165, 1.54) is 13.2 Å². The summed E-state index contributed by atoms with van der Waals surface area (Å²) < 4.78 is 17.1. The molecule has 1 aliphatic rings. The van der Waals surface area contributed by atoms with Crippen molar-refractivity contribution in [2.24, 2.45) is 0 Å². The van der Waals surface area contributed by atoms with Gasteiger partial charge in [0.05, 0.1) is 23.6 Å². The number of anilines is 1. The molecule has 1 fully saturated rings. The van der Waals surface area contributed by atoms with Crippen molar-refractivity contribution in [1.29, 1.82) is 0 Å². The molecule has 0 aliphatic carbocycles. The second-order valence-corrected chi connectivity index (χ2v) is 10.6. The second-order valence-electron chi connectivity index (χ2n) is 9.23. The first-order valence-corrected chi connectivity index (χ1v) is 14.3. The molecule has 1 aliphatic heterocycles. The van der Waals surface area contributed by atoms with Gasteiger partial charge in [0.15, 0.2) is 11.5 Å². The Morgan fingerprint density at radius 2 is 1.74 bits per heavy atom. The molecular weight excluding hydrogens is 576 g/mol. The molecule has 0 aromatic heterocycles. The molecule has 42 heavy (non-hydrogen) atoms. The number of methoxy groups -OCH3 is 1. The Kier molecular flexibility index (Phi) is 9.00. The highest BCUT2D eigenvalue weighted by Crippen LogP contribution is 2.35. The zero-order valence-electron chi connectivity index (χ0n) is 22.9. The molecule has 4 aromatic rings. The third-order valence-corrected chi connectivity index (χ3v) is 7.64. The molecule has 8 nitrogen and oxygen atoms in total. The zero-order valence-corrected chi connectivity index (χ0v) is 24.5. The van der Waals surface area contributed by atoms with E-state index in [0.29, 0.717) is 46.7 Å². The van der Waals surface area contributed by atoms with Crippen molar-refractivity contribution in [2.75, 3.05) is 25.6 Å². The van der Waals surface area contributed by atoms with Crippen molar-refractivity contribution < 1.29 is 28.6 Å². The van der Waals surface area contributed by atoms with E-state index in [9.17, 15) is 14.4 Å². The van der Waals surface area contributed by atoms with E-state index in [-0.39, 0.29) is 4.91 Å². The number of rotatable bonds is 10. The Morgan fingerprint density at radius 3 is 2.52 bits per heavy atom. The van der Waals surface area contributed by atoms with Crippen molar-refractivity contribution in [2.45, 2.75) is 13.5 Å². The Bertz CT molecular complexity index is 1700. The van der Waals surface area contributed by atoms with Gasteiger partial charge < -0.3 is 19.5 Å². The number of hydrogen-bond acceptors (Lipinski definition) is 7. The summed E-state index contributed by atoms with van der Waals surface area (Å²) in [5.74, 6) is 0.449. The van der Waals surface area contributed by atoms with Crippen LogP contribution in [-0.4, -0.2) is 42.2 Å². The number of hydrogen-bond donors (Lipinski definition) is 1. The van der Waals surface area contributed by atoms with E-state index in [1.54, 1.807) is 36.4 Å². The maximum absolute atomic E-state index is 13.0. The summed E-state index contributed by atoms with van der Waals surface area (Å²) >= 11 is 6.88. The van der Waals surface area contributed by atoms with Gasteiger partial charge in [0, 0.05) is 5.69 Å². The first kappa shape index (κ1) is 29.0. The molecule has 10 heteroatoms. The maximum Gasteiger partial charge on any atom is 0.294 e. The molecular formula is C32H27ClN2O6S. The SMILES string of the molecule is CCOc1cc(/C=C2/SC(=O)N(CC(=O)Nc3ccc(OC)c(Cl)c3)C2=O)ccc1OCc1cccc2ccccc12. The van der Waals surface area contributed by atoms with Gasteiger partial charge in [0.2, 0.25) is 5.91 Å². The number of thioether (sulfide) groups is 1. The molecule has 0 radical (unpaired) electrons. The molecule has 1 saturated heterocycles. The molecule has 1 N–H and O–H groups in total. The van der Waals surface area contributed by atoms with E-state index >= 15 is 0 Å². The molecule has 214 valence electrons. The largest absolute Gasteiger partial charge is 0.495 e. The summed E-state index contributed by atoms with van der Waals surface area (Å²) in [5.41, 5.74) is 2.12. The molecule has 1 heterocycles. The number of ether oxygens (including phenoxy) is 3. The highest BCUT2D eigenvalue weighted by atomic mass is 35.5. The lowest BCUT2D eigenvalue weighted by molar-refractivity contribution is -0.127. The third-order valence-electron chi connectivity index (χ3n) is 6.44. The number of amides is 3. The lowest BCUT2D eigenvalue weighted by Crippen LogP contribution is -2.36. The lowest BCUT2D eigenvalue weighted by atomic mass is 10.1. The van der Waals surface area contributed by atoms with Crippen LogP contribution in [0.15, 0.2) is 83.8 Å². The van der Waals surface area contributed by atoms with Crippen LogP contribution in [0.2, 0.25) is 5.02 Å². The summed E-state index contributed by atoms with van der Waals surface area (Å²) in [6, 6.07) is 24.3. The molecule has 5 rings (SSSR count). The van der Waals surface area contributed by atoms with Crippen molar-refractivity contribution in [3.8, 4) is 17.2 Å². The van der Waals surface area contributed by atoms with Crippen LogP contribution >= 0.6 is 23.4 Å². The first-order chi connectivity index (χ1) is 20.4. The minimum absolute atomic E-state index is 0.201. The van der Waals surface area contributed by atoms with Gasteiger partial charge in [-0.05, 0) is 77.0 Å². The van der Waals surface area contributed by atoms with Crippen LogP contribution in [0.3, 0.4) is 0 Å². The standard InChI is InChI=1S/C32H27ClN2O6S/c1-3-40-28-15-20(11-13-27(28)41-19-22-9-6-8-21-7-4-5-10-24(21)22)16-29-31(37)35(32(38)42-29)18-30(36)34-23-12-14-26(39-2)25(33)17-23/h4-17H,3,18-19H2,1-2H3,(H,34,36)/b29-16+. The zero-order chi connectivity index (χ0) is 29.6. The van der Waals surface area contributed by atoms with Gasteiger partial charge >= 0.3 is 0 Å². The summed E-state index contributed by atoms with van der Waals surface area (Å²) in [4.78, 5) is 39.3. The lowest BCUT2D eigenvalue weighted by Gasteiger charge is -2.14. The highest BCUT2D eigenvalue weighted by molar-refractivity contribution is 8.18. The van der Waals surface area contributed by atoms with Gasteiger partial charge in [-0.3, -0.25) is 19.3 Å². The average Bonchev–Trinajstić information content (AvgIpc) is 3.24. The number of nitrogens with one attached hydrogen (secondary N) is 1. The Labute approximate surface area is 252 Å². The quantitative estimate of drug-likeness (QED) is 0.193. The monoisotopic (exact) mass is 602 g/mol. The molecule has 0 bridgehead atoms. The second kappa shape index (κ2) is 13.0. The van der Waals surface area contributed by atoms with Crippen LogP contribution in [-0.2, 0) is 16.2 Å². The number of carbonyl (C=O) groups is 3. The predicted molar refractivity (Wildman–Crippen MR) is 165 cm³/mol. The van der Waals surface area contributed by atoms with Gasteiger partial charge in [-0.25, -0.2) is 0 Å². The number of carbonyl (C=O) groups excluding carboxylic acids is 3. The van der Waals surface area contributed by atoms with E-state index in [0.717, 1.165) is 33.0 Å². The van der Waals surface area contributed by atoms with Crippen molar-refractivity contribution in [1.82, 2.24) is 4.90 Å². The Balaban J connectivity index is 1.27. The number of benzene rings is 4. The minimum atomic E-state index is -0.554. The molecule has 0 saturated carbocycles. The maximum atomic E-state index is 13.0. The van der Waals surface area contributed by atoms with Crippen molar-refractivity contribution in [3.63, 3.8) is 0 Å². The fourth-order valence-corrected chi connectivity index (χ4v) is 5.55. The molecule has 3 amide bonds. The summed E-state index contributed by atoms with van der Waals surface area (Å²) in [7, 11) is 1.49.